The van der Waals surface area contributed by atoms with E-state index in [0.717, 1.165) is 25.0 Å². The van der Waals surface area contributed by atoms with E-state index < -0.39 is 22.8 Å². The van der Waals surface area contributed by atoms with Gasteiger partial charge >= 0.3 is 6.18 Å². The maximum absolute atomic E-state index is 13.3. The Bertz CT molecular complexity index is 656. The summed E-state index contributed by atoms with van der Waals surface area (Å²) in [5.74, 6) is -0.196. The highest BCUT2D eigenvalue weighted by Crippen LogP contribution is 2.56. The normalized spacial score (nSPS) is 30.5. The number of carbonyl (C=O) groups excluding carboxylic acids is 1. The predicted molar refractivity (Wildman–Crippen MR) is 89.1 cm³/mol. The number of amides is 1. The van der Waals surface area contributed by atoms with Crippen molar-refractivity contribution in [3.8, 4) is 0 Å². The van der Waals surface area contributed by atoms with Crippen LogP contribution in [-0.2, 0) is 11.0 Å². The predicted octanol–water partition coefficient (Wildman–Crippen LogP) is 4.39. The van der Waals surface area contributed by atoms with Crippen LogP contribution in [0.25, 0.3) is 0 Å². The van der Waals surface area contributed by atoms with Crippen molar-refractivity contribution in [3.63, 3.8) is 0 Å². The zero-order chi connectivity index (χ0) is 18.5. The van der Waals surface area contributed by atoms with Crippen molar-refractivity contribution in [1.82, 2.24) is 0 Å². The van der Waals surface area contributed by atoms with Gasteiger partial charge < -0.3 is 10.0 Å². The number of rotatable bonds is 2. The Hall–Kier alpha value is -1.56. The summed E-state index contributed by atoms with van der Waals surface area (Å²) in [6.07, 6.45) is -0.995. The number of carbonyl (C=O) groups is 1. The first kappa shape index (κ1) is 18.2. The van der Waals surface area contributed by atoms with Gasteiger partial charge in [-0.2, -0.15) is 13.2 Å². The summed E-state index contributed by atoms with van der Waals surface area (Å²) in [6, 6.07) is 4.71. The molecule has 25 heavy (non-hydrogen) atoms. The molecule has 0 aromatic heterocycles. The summed E-state index contributed by atoms with van der Waals surface area (Å²) in [5.41, 5.74) is -2.12. The molecule has 2 fully saturated rings. The van der Waals surface area contributed by atoms with Gasteiger partial charge in [0, 0.05) is 12.2 Å². The third kappa shape index (κ3) is 2.75. The standard InChI is InChI=1S/C19H24F3NO2/c1-13(2)18(25)11-3-9-17(18)10-4-12-23(16(17)24)15-7-5-14(6-8-15)19(20,21)22/h5-8,13,25H,3-4,9-12H2,1-2H3/t17-,18-/m0/s1. The molecule has 1 N–H and O–H groups in total. The van der Waals surface area contributed by atoms with Crippen molar-refractivity contribution >= 4 is 11.6 Å². The molecule has 2 aliphatic rings. The molecule has 3 nitrogen and oxygen atoms in total. The number of aliphatic hydroxyl groups is 1. The minimum atomic E-state index is -4.39. The second kappa shape index (κ2) is 6.01. The molecule has 1 heterocycles. The molecular formula is C19H24F3NO2. The largest absolute Gasteiger partial charge is 0.416 e. The fourth-order valence-electron chi connectivity index (χ4n) is 4.67. The fraction of sp³-hybridized carbons (Fsp3) is 0.632. The summed E-state index contributed by atoms with van der Waals surface area (Å²) >= 11 is 0. The Morgan fingerprint density at radius 3 is 2.24 bits per heavy atom. The molecule has 1 aromatic carbocycles. The summed E-state index contributed by atoms with van der Waals surface area (Å²) in [5, 5.41) is 11.2. The van der Waals surface area contributed by atoms with Gasteiger partial charge in [0.15, 0.2) is 0 Å². The molecule has 138 valence electrons. The number of hydrogen-bond acceptors (Lipinski definition) is 2. The smallest absolute Gasteiger partial charge is 0.389 e. The lowest BCUT2D eigenvalue weighted by Gasteiger charge is -2.49. The van der Waals surface area contributed by atoms with Crippen LogP contribution in [0.2, 0.25) is 0 Å². The molecule has 1 aliphatic heterocycles. The van der Waals surface area contributed by atoms with Crippen LogP contribution in [-0.4, -0.2) is 23.2 Å². The molecule has 6 heteroatoms. The van der Waals surface area contributed by atoms with Gasteiger partial charge in [-0.25, -0.2) is 0 Å². The molecule has 0 unspecified atom stereocenters. The third-order valence-electron chi connectivity index (χ3n) is 6.09. The van der Waals surface area contributed by atoms with Crippen LogP contribution in [0.5, 0.6) is 0 Å². The molecule has 3 rings (SSSR count). The second-order valence-electron chi connectivity index (χ2n) is 7.62. The van der Waals surface area contributed by atoms with Gasteiger partial charge in [-0.15, -0.1) is 0 Å². The maximum Gasteiger partial charge on any atom is 0.416 e. The van der Waals surface area contributed by atoms with Gasteiger partial charge in [-0.3, -0.25) is 4.79 Å². The first-order valence-corrected chi connectivity index (χ1v) is 8.83. The average molecular weight is 355 g/mol. The Morgan fingerprint density at radius 2 is 1.68 bits per heavy atom. The van der Waals surface area contributed by atoms with Gasteiger partial charge in [0.2, 0.25) is 5.91 Å². The maximum atomic E-state index is 13.3. The van der Waals surface area contributed by atoms with Crippen molar-refractivity contribution in [3.05, 3.63) is 29.8 Å². The molecule has 0 radical (unpaired) electrons. The zero-order valence-corrected chi connectivity index (χ0v) is 14.6. The van der Waals surface area contributed by atoms with E-state index in [4.69, 9.17) is 0 Å². The van der Waals surface area contributed by atoms with Gasteiger partial charge in [-0.05, 0) is 62.3 Å². The first-order chi connectivity index (χ1) is 11.6. The van der Waals surface area contributed by atoms with Gasteiger partial charge in [-0.1, -0.05) is 13.8 Å². The Morgan fingerprint density at radius 1 is 1.08 bits per heavy atom. The second-order valence-corrected chi connectivity index (χ2v) is 7.62. The van der Waals surface area contributed by atoms with E-state index in [1.165, 1.54) is 12.1 Å². The Kier molecular flexibility index (Phi) is 4.38. The lowest BCUT2D eigenvalue weighted by atomic mass is 9.64. The number of anilines is 1. The number of nitrogens with zero attached hydrogens (tertiary/aromatic N) is 1. The molecule has 1 amide bonds. The molecular weight excluding hydrogens is 331 g/mol. The van der Waals surface area contributed by atoms with Gasteiger partial charge in [0.25, 0.3) is 0 Å². The molecule has 2 atom stereocenters. The van der Waals surface area contributed by atoms with Gasteiger partial charge in [0.05, 0.1) is 16.6 Å². The van der Waals surface area contributed by atoms with E-state index in [1.807, 2.05) is 13.8 Å². The first-order valence-electron chi connectivity index (χ1n) is 8.83. The van der Waals surface area contributed by atoms with Gasteiger partial charge in [0.1, 0.15) is 0 Å². The van der Waals surface area contributed by atoms with Crippen LogP contribution in [0.15, 0.2) is 24.3 Å². The van der Waals surface area contributed by atoms with Crippen LogP contribution in [0.1, 0.15) is 51.5 Å². The summed E-state index contributed by atoms with van der Waals surface area (Å²) in [7, 11) is 0. The minimum Gasteiger partial charge on any atom is -0.389 e. The summed E-state index contributed by atoms with van der Waals surface area (Å²) in [4.78, 5) is 14.9. The van der Waals surface area contributed by atoms with E-state index in [0.29, 0.717) is 31.5 Å². The quantitative estimate of drug-likeness (QED) is 0.855. The SMILES string of the molecule is CC(C)[C@@]1(O)CCC[C@@]12CCCN(c1ccc(C(F)(F)F)cc1)C2=O. The van der Waals surface area contributed by atoms with Crippen molar-refractivity contribution in [2.45, 2.75) is 57.7 Å². The lowest BCUT2D eigenvalue weighted by molar-refractivity contribution is -0.154. The Balaban J connectivity index is 1.93. The molecule has 1 aliphatic carbocycles. The summed E-state index contributed by atoms with van der Waals surface area (Å²) in [6.45, 7) is 4.33. The van der Waals surface area contributed by atoms with Crippen molar-refractivity contribution < 1.29 is 23.1 Å². The average Bonchev–Trinajstić information content (AvgIpc) is 2.88. The highest BCUT2D eigenvalue weighted by Gasteiger charge is 2.61. The number of piperidine rings is 1. The van der Waals surface area contributed by atoms with Crippen LogP contribution >= 0.6 is 0 Å². The molecule has 1 aromatic rings. The molecule has 1 spiro atoms. The van der Waals surface area contributed by atoms with E-state index >= 15 is 0 Å². The van der Waals surface area contributed by atoms with Crippen LogP contribution in [0.3, 0.4) is 0 Å². The van der Waals surface area contributed by atoms with Crippen molar-refractivity contribution in [2.24, 2.45) is 11.3 Å². The lowest BCUT2D eigenvalue weighted by Crippen LogP contribution is -2.60. The summed E-state index contributed by atoms with van der Waals surface area (Å²) < 4.78 is 38.3. The molecule has 1 saturated heterocycles. The van der Waals surface area contributed by atoms with Crippen LogP contribution < -0.4 is 4.90 Å². The van der Waals surface area contributed by atoms with E-state index in [-0.39, 0.29) is 11.8 Å². The van der Waals surface area contributed by atoms with Crippen LogP contribution in [0, 0.1) is 11.3 Å². The fourth-order valence-corrected chi connectivity index (χ4v) is 4.67. The van der Waals surface area contributed by atoms with E-state index in [1.54, 1.807) is 4.90 Å². The zero-order valence-electron chi connectivity index (χ0n) is 14.6. The minimum absolute atomic E-state index is 0.0495. The third-order valence-corrected chi connectivity index (χ3v) is 6.09. The van der Waals surface area contributed by atoms with Crippen molar-refractivity contribution in [2.75, 3.05) is 11.4 Å². The van der Waals surface area contributed by atoms with E-state index in [9.17, 15) is 23.1 Å². The van der Waals surface area contributed by atoms with E-state index in [2.05, 4.69) is 0 Å². The Labute approximate surface area is 145 Å². The monoisotopic (exact) mass is 355 g/mol. The van der Waals surface area contributed by atoms with Crippen LogP contribution in [0.4, 0.5) is 18.9 Å². The topological polar surface area (TPSA) is 40.5 Å². The number of alkyl halides is 3. The number of halogens is 3. The number of hydrogen-bond donors (Lipinski definition) is 1. The highest BCUT2D eigenvalue weighted by molar-refractivity contribution is 5.99. The van der Waals surface area contributed by atoms with Crippen molar-refractivity contribution in [1.29, 1.82) is 0 Å². The molecule has 0 bridgehead atoms. The highest BCUT2D eigenvalue weighted by atomic mass is 19.4. The molecule has 1 saturated carbocycles. The number of benzene rings is 1.